The molecule has 2 aromatic rings. The van der Waals surface area contributed by atoms with Gasteiger partial charge >= 0.3 is 5.97 Å². The van der Waals surface area contributed by atoms with E-state index in [2.05, 4.69) is 5.32 Å². The van der Waals surface area contributed by atoms with Crippen LogP contribution in [0.3, 0.4) is 0 Å². The first-order valence-electron chi connectivity index (χ1n) is 8.07. The lowest BCUT2D eigenvalue weighted by atomic mass is 10.2. The van der Waals surface area contributed by atoms with E-state index in [1.54, 1.807) is 49.4 Å². The molecular formula is C19H21NO5S. The number of nitrogens with one attached hydrogen (secondary N) is 1. The van der Waals surface area contributed by atoms with Crippen molar-refractivity contribution in [3.05, 3.63) is 48.0 Å². The van der Waals surface area contributed by atoms with Crippen molar-refractivity contribution in [3.63, 3.8) is 0 Å². The first-order valence-corrected chi connectivity index (χ1v) is 8.95. The molecule has 0 radical (unpaired) electrons. The molecule has 0 saturated carbocycles. The van der Waals surface area contributed by atoms with Crippen LogP contribution in [0.4, 0.5) is 5.69 Å². The van der Waals surface area contributed by atoms with Crippen LogP contribution in [-0.4, -0.2) is 35.9 Å². The molecule has 0 aromatic heterocycles. The second kappa shape index (κ2) is 9.15. The first-order chi connectivity index (χ1) is 12.5. The average molecular weight is 375 g/mol. The zero-order valence-electron chi connectivity index (χ0n) is 14.8. The quantitative estimate of drug-likeness (QED) is 0.681. The summed E-state index contributed by atoms with van der Waals surface area (Å²) in [4.78, 5) is 24.3. The van der Waals surface area contributed by atoms with Gasteiger partial charge in [0.1, 0.15) is 5.25 Å². The van der Waals surface area contributed by atoms with Crippen LogP contribution in [0.5, 0.6) is 11.5 Å². The van der Waals surface area contributed by atoms with Gasteiger partial charge in [0, 0.05) is 16.6 Å². The molecule has 138 valence electrons. The molecule has 0 aliphatic carbocycles. The van der Waals surface area contributed by atoms with Gasteiger partial charge in [-0.05, 0) is 38.1 Å². The standard InChI is InChI=1S/C19H21NO5S/c1-4-25-15-10-9-13(11-16(15)24-3)20-18(21)14-7-5-6-8-17(14)26-12(2)19(22)23/h5-12H,4H2,1-3H3,(H,20,21)(H,22,23). The number of carbonyl (C=O) groups is 2. The number of carboxylic acids is 1. The van der Waals surface area contributed by atoms with Crippen molar-refractivity contribution in [2.24, 2.45) is 0 Å². The van der Waals surface area contributed by atoms with Crippen LogP contribution in [0.2, 0.25) is 0 Å². The molecule has 0 aliphatic heterocycles. The fourth-order valence-corrected chi connectivity index (χ4v) is 3.14. The maximum atomic E-state index is 12.7. The number of carboxylic acid groups (broad SMARTS) is 1. The number of ether oxygens (including phenoxy) is 2. The number of benzene rings is 2. The highest BCUT2D eigenvalue weighted by Gasteiger charge is 2.18. The van der Waals surface area contributed by atoms with E-state index in [0.29, 0.717) is 34.3 Å². The molecular weight excluding hydrogens is 354 g/mol. The summed E-state index contributed by atoms with van der Waals surface area (Å²) in [5, 5.41) is 11.2. The molecule has 0 spiro atoms. The Kier molecular flexibility index (Phi) is 6.91. The molecule has 1 atom stereocenters. The molecule has 1 unspecified atom stereocenters. The smallest absolute Gasteiger partial charge is 0.316 e. The fraction of sp³-hybridized carbons (Fsp3) is 0.263. The van der Waals surface area contributed by atoms with Crippen molar-refractivity contribution < 1.29 is 24.2 Å². The molecule has 7 heteroatoms. The Morgan fingerprint density at radius 1 is 1.19 bits per heavy atom. The Labute approximate surface area is 156 Å². The van der Waals surface area contributed by atoms with Gasteiger partial charge in [-0.1, -0.05) is 12.1 Å². The molecule has 0 aliphatic rings. The Morgan fingerprint density at radius 3 is 2.58 bits per heavy atom. The third kappa shape index (κ3) is 4.92. The molecule has 2 rings (SSSR count). The highest BCUT2D eigenvalue weighted by Crippen LogP contribution is 2.31. The van der Waals surface area contributed by atoms with Crippen LogP contribution < -0.4 is 14.8 Å². The zero-order valence-corrected chi connectivity index (χ0v) is 15.6. The lowest BCUT2D eigenvalue weighted by Gasteiger charge is -2.14. The fourth-order valence-electron chi connectivity index (χ4n) is 2.22. The summed E-state index contributed by atoms with van der Waals surface area (Å²) in [6.07, 6.45) is 0. The first kappa shape index (κ1) is 19.7. The van der Waals surface area contributed by atoms with E-state index < -0.39 is 11.2 Å². The lowest BCUT2D eigenvalue weighted by molar-refractivity contribution is -0.136. The third-order valence-corrected chi connectivity index (χ3v) is 4.67. The largest absolute Gasteiger partial charge is 0.493 e. The van der Waals surface area contributed by atoms with Crippen molar-refractivity contribution in [2.75, 3.05) is 19.0 Å². The van der Waals surface area contributed by atoms with E-state index in [4.69, 9.17) is 14.6 Å². The summed E-state index contributed by atoms with van der Waals surface area (Å²) in [6.45, 7) is 3.97. The number of hydrogen-bond acceptors (Lipinski definition) is 5. The van der Waals surface area contributed by atoms with Gasteiger partial charge in [-0.15, -0.1) is 11.8 Å². The second-order valence-electron chi connectivity index (χ2n) is 5.35. The average Bonchev–Trinajstić information content (AvgIpc) is 2.63. The van der Waals surface area contributed by atoms with E-state index in [9.17, 15) is 9.59 Å². The molecule has 1 amide bonds. The predicted octanol–water partition coefficient (Wildman–Crippen LogP) is 3.91. The minimum Gasteiger partial charge on any atom is -0.493 e. The van der Waals surface area contributed by atoms with Crippen molar-refractivity contribution in [1.29, 1.82) is 0 Å². The number of carbonyl (C=O) groups excluding carboxylic acids is 1. The van der Waals surface area contributed by atoms with Gasteiger partial charge in [-0.2, -0.15) is 0 Å². The van der Waals surface area contributed by atoms with E-state index in [1.807, 2.05) is 6.92 Å². The molecule has 0 bridgehead atoms. The number of anilines is 1. The molecule has 2 aromatic carbocycles. The molecule has 0 fully saturated rings. The minimum absolute atomic E-state index is 0.322. The third-order valence-electron chi connectivity index (χ3n) is 3.50. The van der Waals surface area contributed by atoms with Crippen molar-refractivity contribution in [1.82, 2.24) is 0 Å². The highest BCUT2D eigenvalue weighted by molar-refractivity contribution is 8.00. The minimum atomic E-state index is -0.929. The number of amides is 1. The van der Waals surface area contributed by atoms with E-state index in [1.165, 1.54) is 7.11 Å². The highest BCUT2D eigenvalue weighted by atomic mass is 32.2. The Hall–Kier alpha value is -2.67. The SMILES string of the molecule is CCOc1ccc(NC(=O)c2ccccc2SC(C)C(=O)O)cc1OC. The van der Waals surface area contributed by atoms with Crippen LogP contribution in [0.25, 0.3) is 0 Å². The maximum absolute atomic E-state index is 12.7. The summed E-state index contributed by atoms with van der Waals surface area (Å²) in [5.41, 5.74) is 0.972. The van der Waals surface area contributed by atoms with Crippen LogP contribution >= 0.6 is 11.8 Å². The predicted molar refractivity (Wildman–Crippen MR) is 102 cm³/mol. The Bertz CT molecular complexity index is 793. The molecule has 2 N–H and O–H groups in total. The van der Waals surface area contributed by atoms with Gasteiger partial charge in [0.2, 0.25) is 0 Å². The van der Waals surface area contributed by atoms with E-state index in [0.717, 1.165) is 11.8 Å². The summed E-state index contributed by atoms with van der Waals surface area (Å²) < 4.78 is 10.7. The Morgan fingerprint density at radius 2 is 1.92 bits per heavy atom. The van der Waals surface area contributed by atoms with E-state index >= 15 is 0 Å². The summed E-state index contributed by atoms with van der Waals surface area (Å²) in [5.74, 6) is -0.135. The summed E-state index contributed by atoms with van der Waals surface area (Å²) in [7, 11) is 1.53. The molecule has 0 saturated heterocycles. The number of hydrogen-bond donors (Lipinski definition) is 2. The summed E-state index contributed by atoms with van der Waals surface area (Å²) >= 11 is 1.13. The lowest BCUT2D eigenvalue weighted by Crippen LogP contribution is -2.15. The van der Waals surface area contributed by atoms with Gasteiger partial charge in [0.25, 0.3) is 5.91 Å². The van der Waals surface area contributed by atoms with Gasteiger partial charge in [0.15, 0.2) is 11.5 Å². The van der Waals surface area contributed by atoms with Crippen LogP contribution in [0.15, 0.2) is 47.4 Å². The summed E-state index contributed by atoms with van der Waals surface area (Å²) in [6, 6.07) is 12.0. The van der Waals surface area contributed by atoms with Gasteiger partial charge in [0.05, 0.1) is 19.3 Å². The normalized spacial score (nSPS) is 11.5. The molecule has 26 heavy (non-hydrogen) atoms. The molecule has 6 nitrogen and oxygen atoms in total. The van der Waals surface area contributed by atoms with Gasteiger partial charge < -0.3 is 19.9 Å². The van der Waals surface area contributed by atoms with Crippen molar-refractivity contribution in [2.45, 2.75) is 24.0 Å². The van der Waals surface area contributed by atoms with Crippen LogP contribution in [-0.2, 0) is 4.79 Å². The number of thioether (sulfide) groups is 1. The van der Waals surface area contributed by atoms with Gasteiger partial charge in [-0.3, -0.25) is 9.59 Å². The monoisotopic (exact) mass is 375 g/mol. The Balaban J connectivity index is 2.21. The molecule has 0 heterocycles. The van der Waals surface area contributed by atoms with Crippen LogP contribution in [0.1, 0.15) is 24.2 Å². The topological polar surface area (TPSA) is 84.9 Å². The maximum Gasteiger partial charge on any atom is 0.316 e. The van der Waals surface area contributed by atoms with Crippen LogP contribution in [0, 0.1) is 0 Å². The number of methoxy groups -OCH3 is 1. The van der Waals surface area contributed by atoms with E-state index in [-0.39, 0.29) is 5.91 Å². The second-order valence-corrected chi connectivity index (χ2v) is 6.73. The zero-order chi connectivity index (χ0) is 19.1. The number of aliphatic carboxylic acids is 1. The van der Waals surface area contributed by atoms with Crippen molar-refractivity contribution >= 4 is 29.3 Å². The number of rotatable bonds is 8. The van der Waals surface area contributed by atoms with Gasteiger partial charge in [-0.25, -0.2) is 0 Å². The van der Waals surface area contributed by atoms with Crippen molar-refractivity contribution in [3.8, 4) is 11.5 Å².